The Hall–Kier alpha value is -2.76. The summed E-state index contributed by atoms with van der Waals surface area (Å²) in [4.78, 5) is 20.8. The number of carbonyl (C=O) groups excluding carboxylic acids is 1. The molecule has 0 spiro atoms. The summed E-state index contributed by atoms with van der Waals surface area (Å²) >= 11 is 0. The molecule has 2 heterocycles. The number of hydrogen-bond donors (Lipinski definition) is 1. The summed E-state index contributed by atoms with van der Waals surface area (Å²) in [5, 5.41) is 7.23. The first-order valence-electron chi connectivity index (χ1n) is 7.64. The summed E-state index contributed by atoms with van der Waals surface area (Å²) < 4.78 is 1.57. The SMILES string of the molecule is CCC(NC(=O)c1nc2nccc(C)n2n1)c1ccc(C)cc1. The van der Waals surface area contributed by atoms with Crippen LogP contribution in [0, 0.1) is 13.8 Å². The van der Waals surface area contributed by atoms with Gasteiger partial charge in [-0.25, -0.2) is 9.50 Å². The summed E-state index contributed by atoms with van der Waals surface area (Å²) in [6.45, 7) is 5.97. The lowest BCUT2D eigenvalue weighted by atomic mass is 10.0. The van der Waals surface area contributed by atoms with Gasteiger partial charge in [-0.1, -0.05) is 36.8 Å². The summed E-state index contributed by atoms with van der Waals surface area (Å²) in [5.74, 6) is 0.276. The standard InChI is InChI=1S/C17H19N5O/c1-4-14(13-7-5-11(2)6-8-13)19-16(23)15-20-17-18-10-9-12(3)22(17)21-15/h5-10,14H,4H2,1-3H3,(H,19,23). The molecule has 0 saturated heterocycles. The fourth-order valence-corrected chi connectivity index (χ4v) is 2.45. The summed E-state index contributed by atoms with van der Waals surface area (Å²) in [6, 6.07) is 9.91. The van der Waals surface area contributed by atoms with Crippen molar-refractivity contribution in [1.29, 1.82) is 0 Å². The fourth-order valence-electron chi connectivity index (χ4n) is 2.45. The van der Waals surface area contributed by atoms with Crippen molar-refractivity contribution in [2.45, 2.75) is 33.2 Å². The Balaban J connectivity index is 1.83. The van der Waals surface area contributed by atoms with Crippen molar-refractivity contribution in [2.75, 3.05) is 0 Å². The maximum Gasteiger partial charge on any atom is 0.291 e. The Morgan fingerprint density at radius 2 is 1.96 bits per heavy atom. The van der Waals surface area contributed by atoms with Gasteiger partial charge in [0.05, 0.1) is 6.04 Å². The van der Waals surface area contributed by atoms with Crippen LogP contribution < -0.4 is 5.32 Å². The predicted molar refractivity (Wildman–Crippen MR) is 87.2 cm³/mol. The molecule has 0 fully saturated rings. The lowest BCUT2D eigenvalue weighted by Gasteiger charge is -2.16. The van der Waals surface area contributed by atoms with E-state index in [4.69, 9.17) is 0 Å². The van der Waals surface area contributed by atoms with Gasteiger partial charge in [0.2, 0.25) is 5.82 Å². The van der Waals surface area contributed by atoms with Gasteiger partial charge in [0.15, 0.2) is 0 Å². The average Bonchev–Trinajstić information content (AvgIpc) is 2.99. The first kappa shape index (κ1) is 15.1. The third-order valence-electron chi connectivity index (χ3n) is 3.83. The molecule has 0 aliphatic carbocycles. The minimum Gasteiger partial charge on any atom is -0.342 e. The van der Waals surface area contributed by atoms with Crippen LogP contribution in [0.1, 0.15) is 46.8 Å². The molecule has 6 nitrogen and oxygen atoms in total. The smallest absolute Gasteiger partial charge is 0.291 e. The number of fused-ring (bicyclic) bond motifs is 1. The van der Waals surface area contributed by atoms with Gasteiger partial charge in [-0.15, -0.1) is 5.10 Å². The third kappa shape index (κ3) is 3.06. The molecule has 118 valence electrons. The van der Waals surface area contributed by atoms with Crippen molar-refractivity contribution >= 4 is 11.7 Å². The summed E-state index contributed by atoms with van der Waals surface area (Å²) in [5.41, 5.74) is 3.15. The molecule has 0 radical (unpaired) electrons. The summed E-state index contributed by atoms with van der Waals surface area (Å²) in [7, 11) is 0. The van der Waals surface area contributed by atoms with Crippen LogP contribution in [-0.2, 0) is 0 Å². The van der Waals surface area contributed by atoms with E-state index in [0.29, 0.717) is 5.78 Å². The maximum atomic E-state index is 12.5. The van der Waals surface area contributed by atoms with E-state index < -0.39 is 0 Å². The van der Waals surface area contributed by atoms with Gasteiger partial charge in [0, 0.05) is 11.9 Å². The van der Waals surface area contributed by atoms with Crippen LogP contribution in [0.2, 0.25) is 0 Å². The molecule has 2 aromatic heterocycles. The van der Waals surface area contributed by atoms with E-state index in [1.54, 1.807) is 10.7 Å². The molecule has 1 aromatic carbocycles. The van der Waals surface area contributed by atoms with Crippen LogP contribution >= 0.6 is 0 Å². The molecule has 1 amide bonds. The molecule has 3 aromatic rings. The first-order valence-corrected chi connectivity index (χ1v) is 7.64. The number of carbonyl (C=O) groups is 1. The van der Waals surface area contributed by atoms with Crippen molar-refractivity contribution in [3.05, 3.63) is 59.2 Å². The summed E-state index contributed by atoms with van der Waals surface area (Å²) in [6.07, 6.45) is 2.45. The molecule has 1 atom stereocenters. The molecular weight excluding hydrogens is 290 g/mol. The molecule has 0 aliphatic heterocycles. The van der Waals surface area contributed by atoms with Gasteiger partial charge in [-0.2, -0.15) is 4.98 Å². The highest BCUT2D eigenvalue weighted by atomic mass is 16.2. The van der Waals surface area contributed by atoms with Gasteiger partial charge in [0.25, 0.3) is 11.7 Å². The molecule has 0 saturated carbocycles. The highest BCUT2D eigenvalue weighted by Crippen LogP contribution is 2.17. The second kappa shape index (κ2) is 6.16. The van der Waals surface area contributed by atoms with Crippen molar-refractivity contribution < 1.29 is 4.79 Å². The second-order valence-electron chi connectivity index (χ2n) is 5.58. The maximum absolute atomic E-state index is 12.5. The molecule has 1 N–H and O–H groups in total. The topological polar surface area (TPSA) is 72.2 Å². The van der Waals surface area contributed by atoms with E-state index >= 15 is 0 Å². The number of amides is 1. The Kier molecular flexibility index (Phi) is 4.06. The van der Waals surface area contributed by atoms with Crippen LogP contribution in [0.15, 0.2) is 36.5 Å². The third-order valence-corrected chi connectivity index (χ3v) is 3.83. The second-order valence-corrected chi connectivity index (χ2v) is 5.58. The van der Waals surface area contributed by atoms with Crippen LogP contribution in [-0.4, -0.2) is 25.5 Å². The number of aromatic nitrogens is 4. The van der Waals surface area contributed by atoms with E-state index in [1.165, 1.54) is 5.56 Å². The van der Waals surface area contributed by atoms with E-state index in [0.717, 1.165) is 17.7 Å². The van der Waals surface area contributed by atoms with Crippen molar-refractivity contribution in [1.82, 2.24) is 24.9 Å². The van der Waals surface area contributed by atoms with Gasteiger partial charge in [-0.05, 0) is 31.9 Å². The molecule has 3 rings (SSSR count). The van der Waals surface area contributed by atoms with E-state index in [9.17, 15) is 4.79 Å². The monoisotopic (exact) mass is 309 g/mol. The van der Waals surface area contributed by atoms with Crippen LogP contribution in [0.4, 0.5) is 0 Å². The Morgan fingerprint density at radius 3 is 2.61 bits per heavy atom. The fraction of sp³-hybridized carbons (Fsp3) is 0.294. The van der Waals surface area contributed by atoms with Gasteiger partial charge >= 0.3 is 0 Å². The normalized spacial score (nSPS) is 12.3. The van der Waals surface area contributed by atoms with Crippen LogP contribution in [0.3, 0.4) is 0 Å². The largest absolute Gasteiger partial charge is 0.342 e. The number of hydrogen-bond acceptors (Lipinski definition) is 4. The number of nitrogens with one attached hydrogen (secondary N) is 1. The Morgan fingerprint density at radius 1 is 1.22 bits per heavy atom. The minimum absolute atomic E-state index is 0.0660. The zero-order valence-electron chi connectivity index (χ0n) is 13.4. The first-order chi connectivity index (χ1) is 11.1. The lowest BCUT2D eigenvalue weighted by molar-refractivity contribution is 0.0925. The van der Waals surface area contributed by atoms with Crippen LogP contribution in [0.5, 0.6) is 0 Å². The molecule has 0 bridgehead atoms. The Bertz CT molecular complexity index is 838. The Labute approximate surface area is 134 Å². The highest BCUT2D eigenvalue weighted by molar-refractivity contribution is 5.91. The molecule has 1 unspecified atom stereocenters. The number of benzene rings is 1. The van der Waals surface area contributed by atoms with E-state index in [2.05, 4.69) is 20.4 Å². The van der Waals surface area contributed by atoms with Crippen molar-refractivity contribution in [3.63, 3.8) is 0 Å². The zero-order chi connectivity index (χ0) is 16.4. The van der Waals surface area contributed by atoms with Crippen molar-refractivity contribution in [3.8, 4) is 0 Å². The van der Waals surface area contributed by atoms with Gasteiger partial charge in [0.1, 0.15) is 0 Å². The number of nitrogens with zero attached hydrogens (tertiary/aromatic N) is 4. The minimum atomic E-state index is -0.290. The molecule has 23 heavy (non-hydrogen) atoms. The predicted octanol–water partition coefficient (Wildman–Crippen LogP) is 2.62. The molecule has 0 aliphatic rings. The quantitative estimate of drug-likeness (QED) is 0.804. The molecule has 6 heteroatoms. The van der Waals surface area contributed by atoms with Crippen LogP contribution in [0.25, 0.3) is 5.78 Å². The average molecular weight is 309 g/mol. The van der Waals surface area contributed by atoms with E-state index in [1.807, 2.05) is 51.1 Å². The van der Waals surface area contributed by atoms with Crippen molar-refractivity contribution in [2.24, 2.45) is 0 Å². The number of rotatable bonds is 4. The number of aryl methyl sites for hydroxylation is 2. The van der Waals surface area contributed by atoms with Gasteiger partial charge in [-0.3, -0.25) is 4.79 Å². The van der Waals surface area contributed by atoms with E-state index in [-0.39, 0.29) is 17.8 Å². The van der Waals surface area contributed by atoms with Gasteiger partial charge < -0.3 is 5.32 Å². The highest BCUT2D eigenvalue weighted by Gasteiger charge is 2.18. The molecular formula is C17H19N5O. The zero-order valence-corrected chi connectivity index (χ0v) is 13.4. The lowest BCUT2D eigenvalue weighted by Crippen LogP contribution is -2.29.